The molecule has 0 bridgehead atoms. The van der Waals surface area contributed by atoms with Crippen LogP contribution in [0, 0.1) is 5.82 Å². The van der Waals surface area contributed by atoms with Crippen LogP contribution < -0.4 is 4.31 Å². The van der Waals surface area contributed by atoms with Crippen molar-refractivity contribution < 1.29 is 18.1 Å². The van der Waals surface area contributed by atoms with E-state index in [1.165, 1.54) is 6.07 Å². The van der Waals surface area contributed by atoms with Crippen LogP contribution in [0.5, 0.6) is 0 Å². The van der Waals surface area contributed by atoms with Gasteiger partial charge in [0, 0.05) is 24.5 Å². The first-order chi connectivity index (χ1) is 15.5. The molecule has 1 amide bonds. The molecule has 1 saturated heterocycles. The van der Waals surface area contributed by atoms with Crippen molar-refractivity contribution >= 4 is 34.2 Å². The van der Waals surface area contributed by atoms with Gasteiger partial charge in [0.1, 0.15) is 22.9 Å². The zero-order valence-corrected chi connectivity index (χ0v) is 19.2. The Bertz CT molecular complexity index is 999. The fourth-order valence-corrected chi connectivity index (χ4v) is 5.49. The van der Waals surface area contributed by atoms with Crippen molar-refractivity contribution in [1.82, 2.24) is 4.90 Å². The Morgan fingerprint density at radius 2 is 1.94 bits per heavy atom. The summed E-state index contributed by atoms with van der Waals surface area (Å²) >= 11 is 6.04. The summed E-state index contributed by atoms with van der Waals surface area (Å²) in [5.74, 6) is -0.574. The molecule has 4 rings (SSSR count). The van der Waals surface area contributed by atoms with E-state index in [0.717, 1.165) is 18.4 Å². The summed E-state index contributed by atoms with van der Waals surface area (Å²) in [6.07, 6.45) is 3.20. The molecular formula is C24H26ClFN2O3S. The van der Waals surface area contributed by atoms with Crippen LogP contribution in [-0.4, -0.2) is 46.1 Å². The van der Waals surface area contributed by atoms with E-state index < -0.39 is 22.9 Å². The highest BCUT2D eigenvalue weighted by Gasteiger charge is 2.38. The fourth-order valence-electron chi connectivity index (χ4n) is 3.86. The van der Waals surface area contributed by atoms with E-state index in [1.807, 2.05) is 12.1 Å². The highest BCUT2D eigenvalue weighted by Crippen LogP contribution is 2.33. The normalized spacial score (nSPS) is 21.9. The molecule has 2 aliphatic rings. The number of halogens is 2. The molecule has 1 heterocycles. The first-order valence-corrected chi connectivity index (χ1v) is 12.3. The molecule has 170 valence electrons. The second kappa shape index (κ2) is 10.1. The van der Waals surface area contributed by atoms with Gasteiger partial charge in [0.2, 0.25) is 0 Å². The van der Waals surface area contributed by atoms with Gasteiger partial charge in [-0.1, -0.05) is 41.9 Å². The summed E-state index contributed by atoms with van der Waals surface area (Å²) in [4.78, 5) is 15.0. The number of rotatable bonds is 9. The average molecular weight is 477 g/mol. The number of para-hydroxylation sites is 1. The van der Waals surface area contributed by atoms with E-state index >= 15 is 0 Å². The van der Waals surface area contributed by atoms with Gasteiger partial charge < -0.3 is 9.64 Å². The number of benzene rings is 2. The van der Waals surface area contributed by atoms with Gasteiger partial charge in [-0.05, 0) is 42.7 Å². The maximum Gasteiger partial charge on any atom is 0.252 e. The predicted molar refractivity (Wildman–Crippen MR) is 125 cm³/mol. The van der Waals surface area contributed by atoms with Crippen LogP contribution in [0.1, 0.15) is 30.9 Å². The maximum absolute atomic E-state index is 14.6. The lowest BCUT2D eigenvalue weighted by molar-refractivity contribution is -0.159. The molecular weight excluding hydrogens is 451 g/mol. The number of nitrogens with zero attached hydrogens (tertiary/aromatic N) is 2. The molecule has 32 heavy (non-hydrogen) atoms. The Morgan fingerprint density at radius 1 is 1.22 bits per heavy atom. The number of carbonyl (C=O) groups is 1. The van der Waals surface area contributed by atoms with Crippen LogP contribution in [0.4, 0.5) is 10.1 Å². The van der Waals surface area contributed by atoms with Crippen LogP contribution in [0.15, 0.2) is 61.2 Å². The van der Waals surface area contributed by atoms with Crippen molar-refractivity contribution in [2.75, 3.05) is 24.0 Å². The fraction of sp³-hybridized carbons (Fsp3) is 0.375. The Labute approximate surface area is 195 Å². The summed E-state index contributed by atoms with van der Waals surface area (Å²) in [6.45, 7) is 4.59. The molecule has 1 aliphatic heterocycles. The Morgan fingerprint density at radius 3 is 2.59 bits per heavy atom. The number of carbonyl (C=O) groups excluding carboxylic acids is 1. The molecule has 2 aromatic carbocycles. The molecule has 2 aromatic rings. The third-order valence-electron chi connectivity index (χ3n) is 5.72. The first-order valence-electron chi connectivity index (χ1n) is 10.7. The standard InChI is InChI=1S/C24H26ClFN2O3S/c1-2-5-23-24(29)27(22(16-31-23)17-8-10-18(25)11-9-17)14-15-28(32(30)19-12-13-19)21-7-4-3-6-20(21)26/h2-4,6-11,19,22-23H,1,5,12-16H2. The quantitative estimate of drug-likeness (QED) is 0.495. The highest BCUT2D eigenvalue weighted by molar-refractivity contribution is 7.87. The lowest BCUT2D eigenvalue weighted by atomic mass is 10.0. The predicted octanol–water partition coefficient (Wildman–Crippen LogP) is 4.66. The summed E-state index contributed by atoms with van der Waals surface area (Å²) < 4.78 is 35.1. The van der Waals surface area contributed by atoms with Crippen LogP contribution in [-0.2, 0) is 20.5 Å². The summed E-state index contributed by atoms with van der Waals surface area (Å²) in [6, 6.07) is 13.3. The summed E-state index contributed by atoms with van der Waals surface area (Å²) in [7, 11) is -1.36. The zero-order valence-electron chi connectivity index (χ0n) is 17.7. The van der Waals surface area contributed by atoms with E-state index in [9.17, 15) is 13.4 Å². The van der Waals surface area contributed by atoms with Crippen molar-refractivity contribution in [3.8, 4) is 0 Å². The molecule has 0 N–H and O–H groups in total. The molecule has 0 aromatic heterocycles. The number of ether oxygens (including phenoxy) is 1. The molecule has 2 fully saturated rings. The van der Waals surface area contributed by atoms with E-state index in [1.54, 1.807) is 45.6 Å². The first kappa shape index (κ1) is 23.0. The van der Waals surface area contributed by atoms with E-state index in [2.05, 4.69) is 6.58 Å². The summed E-state index contributed by atoms with van der Waals surface area (Å²) in [5, 5.41) is 0.647. The molecule has 0 radical (unpaired) electrons. The molecule has 8 heteroatoms. The largest absolute Gasteiger partial charge is 0.366 e. The van der Waals surface area contributed by atoms with Crippen molar-refractivity contribution in [2.45, 2.75) is 36.7 Å². The Kier molecular flexibility index (Phi) is 7.28. The third-order valence-corrected chi connectivity index (χ3v) is 7.82. The maximum atomic E-state index is 14.6. The monoisotopic (exact) mass is 476 g/mol. The smallest absolute Gasteiger partial charge is 0.252 e. The van der Waals surface area contributed by atoms with Gasteiger partial charge in [-0.25, -0.2) is 8.60 Å². The van der Waals surface area contributed by atoms with Gasteiger partial charge in [0.25, 0.3) is 5.91 Å². The Balaban J connectivity index is 1.59. The number of anilines is 1. The van der Waals surface area contributed by atoms with Crippen LogP contribution in [0.3, 0.4) is 0 Å². The van der Waals surface area contributed by atoms with Crippen molar-refractivity contribution in [3.05, 3.63) is 77.6 Å². The van der Waals surface area contributed by atoms with Crippen molar-refractivity contribution in [2.24, 2.45) is 0 Å². The third kappa shape index (κ3) is 5.05. The second-order valence-electron chi connectivity index (χ2n) is 7.97. The number of amides is 1. The van der Waals surface area contributed by atoms with Gasteiger partial charge >= 0.3 is 0 Å². The minimum atomic E-state index is -1.36. The van der Waals surface area contributed by atoms with Gasteiger partial charge in [-0.2, -0.15) is 0 Å². The van der Waals surface area contributed by atoms with Gasteiger partial charge in [0.15, 0.2) is 0 Å². The molecule has 0 spiro atoms. The van der Waals surface area contributed by atoms with Gasteiger partial charge in [-0.15, -0.1) is 6.58 Å². The zero-order chi connectivity index (χ0) is 22.7. The molecule has 3 unspecified atom stereocenters. The molecule has 1 saturated carbocycles. The van der Waals surface area contributed by atoms with Gasteiger partial charge in [-0.3, -0.25) is 9.10 Å². The molecule has 3 atom stereocenters. The van der Waals surface area contributed by atoms with Crippen LogP contribution in [0.25, 0.3) is 0 Å². The SMILES string of the molecule is C=CCC1OCC(c2ccc(Cl)cc2)N(CCN(c2ccccc2F)S(=O)C2CC2)C1=O. The van der Waals surface area contributed by atoms with Gasteiger partial charge in [0.05, 0.1) is 23.6 Å². The van der Waals surface area contributed by atoms with Crippen LogP contribution in [0.2, 0.25) is 5.02 Å². The van der Waals surface area contributed by atoms with E-state index in [0.29, 0.717) is 23.7 Å². The minimum Gasteiger partial charge on any atom is -0.366 e. The minimum absolute atomic E-state index is 0.0376. The lowest BCUT2D eigenvalue weighted by Gasteiger charge is -2.40. The Hall–Kier alpha value is -2.22. The van der Waals surface area contributed by atoms with Crippen LogP contribution >= 0.6 is 11.6 Å². The highest BCUT2D eigenvalue weighted by atomic mass is 35.5. The topological polar surface area (TPSA) is 49.9 Å². The lowest BCUT2D eigenvalue weighted by Crippen LogP contribution is -2.51. The molecule has 5 nitrogen and oxygen atoms in total. The van der Waals surface area contributed by atoms with E-state index in [-0.39, 0.29) is 30.3 Å². The number of morpholine rings is 1. The second-order valence-corrected chi connectivity index (χ2v) is 10.1. The number of hydrogen-bond acceptors (Lipinski definition) is 3. The molecule has 1 aliphatic carbocycles. The van der Waals surface area contributed by atoms with Crippen molar-refractivity contribution in [1.29, 1.82) is 0 Å². The van der Waals surface area contributed by atoms with E-state index in [4.69, 9.17) is 16.3 Å². The average Bonchev–Trinajstić information content (AvgIpc) is 3.63. The van der Waals surface area contributed by atoms with Crippen molar-refractivity contribution in [3.63, 3.8) is 0 Å². The summed E-state index contributed by atoms with van der Waals surface area (Å²) in [5.41, 5.74) is 1.20. The number of hydrogen-bond donors (Lipinski definition) is 0.